The molecule has 0 amide bonds. The molecule has 0 spiro atoms. The van der Waals surface area contributed by atoms with Crippen LogP contribution in [0.4, 0.5) is 5.69 Å². The van der Waals surface area contributed by atoms with Gasteiger partial charge in [0.15, 0.2) is 5.96 Å². The molecule has 0 aliphatic rings. The van der Waals surface area contributed by atoms with Crippen molar-refractivity contribution in [3.63, 3.8) is 0 Å². The lowest BCUT2D eigenvalue weighted by atomic mass is 10.1. The van der Waals surface area contributed by atoms with Gasteiger partial charge in [-0.3, -0.25) is 10.1 Å². The second-order valence-corrected chi connectivity index (χ2v) is 5.79. The summed E-state index contributed by atoms with van der Waals surface area (Å²) < 4.78 is 5.42. The zero-order valence-corrected chi connectivity index (χ0v) is 18.0. The number of non-ortho nitro benzene ring substituents is 1. The summed E-state index contributed by atoms with van der Waals surface area (Å²) >= 11 is 0. The molecule has 0 radical (unpaired) electrons. The Morgan fingerprint density at radius 3 is 2.67 bits per heavy atom. The Morgan fingerprint density at radius 1 is 1.22 bits per heavy atom. The van der Waals surface area contributed by atoms with Crippen LogP contribution in [0.3, 0.4) is 0 Å². The van der Waals surface area contributed by atoms with Crippen LogP contribution in [0.1, 0.15) is 23.6 Å². The molecule has 0 aliphatic heterocycles. The summed E-state index contributed by atoms with van der Waals surface area (Å²) in [7, 11) is 1.65. The number of guanidine groups is 1. The van der Waals surface area contributed by atoms with Gasteiger partial charge < -0.3 is 15.4 Å². The minimum absolute atomic E-state index is 0. The van der Waals surface area contributed by atoms with Crippen molar-refractivity contribution < 1.29 is 9.66 Å². The Hall–Kier alpha value is -2.36. The molecule has 0 saturated carbocycles. The zero-order valence-electron chi connectivity index (χ0n) is 15.7. The molecule has 0 bridgehead atoms. The Labute approximate surface area is 176 Å². The minimum atomic E-state index is -0.402. The molecule has 2 rings (SSSR count). The number of nitro groups is 1. The quantitative estimate of drug-likeness (QED) is 0.205. The van der Waals surface area contributed by atoms with Crippen LogP contribution < -0.4 is 15.4 Å². The van der Waals surface area contributed by atoms with Gasteiger partial charge in [0.05, 0.1) is 18.6 Å². The van der Waals surface area contributed by atoms with Gasteiger partial charge in [-0.2, -0.15) is 0 Å². The Kier molecular flexibility index (Phi) is 9.55. The number of nitro benzene ring substituents is 1. The number of hydrogen-bond donors (Lipinski definition) is 2. The van der Waals surface area contributed by atoms with Gasteiger partial charge in [0.2, 0.25) is 0 Å². The molecule has 27 heavy (non-hydrogen) atoms. The third kappa shape index (κ3) is 7.05. The molecule has 0 aliphatic carbocycles. The van der Waals surface area contributed by atoms with E-state index in [-0.39, 0.29) is 29.7 Å². The monoisotopic (exact) mass is 484 g/mol. The predicted molar refractivity (Wildman–Crippen MR) is 118 cm³/mol. The van der Waals surface area contributed by atoms with Gasteiger partial charge in [-0.25, -0.2) is 4.99 Å². The lowest BCUT2D eigenvalue weighted by Crippen LogP contribution is -2.36. The average Bonchev–Trinajstić information content (AvgIpc) is 2.64. The van der Waals surface area contributed by atoms with Crippen LogP contribution in [0, 0.1) is 17.0 Å². The first-order valence-electron chi connectivity index (χ1n) is 8.42. The van der Waals surface area contributed by atoms with Crippen molar-refractivity contribution in [1.82, 2.24) is 10.6 Å². The maximum absolute atomic E-state index is 10.9. The number of methoxy groups -OCH3 is 1. The molecule has 0 aromatic heterocycles. The highest BCUT2D eigenvalue weighted by atomic mass is 127. The fourth-order valence-corrected chi connectivity index (χ4v) is 2.46. The SMILES string of the molecule is CCNC(=NCc1cccc([N+](=O)[O-])c1)NCc1ccc(C)cc1OC.I. The van der Waals surface area contributed by atoms with Crippen molar-refractivity contribution in [2.24, 2.45) is 4.99 Å². The summed E-state index contributed by atoms with van der Waals surface area (Å²) in [6.07, 6.45) is 0. The van der Waals surface area contributed by atoms with E-state index in [4.69, 9.17) is 4.74 Å². The minimum Gasteiger partial charge on any atom is -0.496 e. The number of benzene rings is 2. The average molecular weight is 484 g/mol. The van der Waals surface area contributed by atoms with Gasteiger partial charge in [0.1, 0.15) is 5.75 Å². The van der Waals surface area contributed by atoms with E-state index in [9.17, 15) is 10.1 Å². The van der Waals surface area contributed by atoms with Crippen molar-refractivity contribution in [2.45, 2.75) is 26.9 Å². The molecular formula is C19H25IN4O3. The van der Waals surface area contributed by atoms with Crippen LogP contribution in [0.2, 0.25) is 0 Å². The van der Waals surface area contributed by atoms with Crippen molar-refractivity contribution in [1.29, 1.82) is 0 Å². The van der Waals surface area contributed by atoms with Crippen LogP contribution in [0.15, 0.2) is 47.5 Å². The zero-order chi connectivity index (χ0) is 18.9. The fourth-order valence-electron chi connectivity index (χ4n) is 2.46. The van der Waals surface area contributed by atoms with E-state index in [2.05, 4.69) is 15.6 Å². The Balaban J connectivity index is 0.00000364. The van der Waals surface area contributed by atoms with Crippen LogP contribution in [0.25, 0.3) is 0 Å². The topological polar surface area (TPSA) is 88.8 Å². The second-order valence-electron chi connectivity index (χ2n) is 5.79. The molecule has 0 atom stereocenters. The van der Waals surface area contributed by atoms with E-state index in [1.165, 1.54) is 12.1 Å². The maximum Gasteiger partial charge on any atom is 0.269 e. The van der Waals surface area contributed by atoms with Crippen molar-refractivity contribution in [3.05, 3.63) is 69.3 Å². The van der Waals surface area contributed by atoms with E-state index in [0.717, 1.165) is 22.4 Å². The van der Waals surface area contributed by atoms with E-state index in [1.807, 2.05) is 38.1 Å². The number of nitrogens with zero attached hydrogens (tertiary/aromatic N) is 2. The number of aliphatic imine (C=N–C) groups is 1. The molecule has 8 heteroatoms. The normalized spacial score (nSPS) is 10.7. The molecule has 146 valence electrons. The number of ether oxygens (including phenoxy) is 1. The van der Waals surface area contributed by atoms with Crippen LogP contribution in [0.5, 0.6) is 5.75 Å². The van der Waals surface area contributed by atoms with Gasteiger partial charge in [0.25, 0.3) is 5.69 Å². The first-order chi connectivity index (χ1) is 12.5. The first-order valence-corrected chi connectivity index (χ1v) is 8.42. The van der Waals surface area contributed by atoms with Gasteiger partial charge in [-0.05, 0) is 31.0 Å². The Morgan fingerprint density at radius 2 is 2.00 bits per heavy atom. The third-order valence-electron chi connectivity index (χ3n) is 3.77. The number of hydrogen-bond acceptors (Lipinski definition) is 4. The van der Waals surface area contributed by atoms with Crippen molar-refractivity contribution >= 4 is 35.6 Å². The standard InChI is InChI=1S/C19H24N4O3.HI/c1-4-20-19(21-12-15-6-5-7-17(11-15)23(24)25)22-13-16-9-8-14(2)10-18(16)26-3;/h5-11H,4,12-13H2,1-3H3,(H2,20,21,22);1H. The largest absolute Gasteiger partial charge is 0.496 e. The van der Waals surface area contributed by atoms with Crippen molar-refractivity contribution in [2.75, 3.05) is 13.7 Å². The summed E-state index contributed by atoms with van der Waals surface area (Å²) in [5.41, 5.74) is 3.01. The van der Waals surface area contributed by atoms with Crippen LogP contribution in [-0.4, -0.2) is 24.5 Å². The number of aryl methyl sites for hydroxylation is 1. The molecule has 0 fully saturated rings. The molecular weight excluding hydrogens is 459 g/mol. The predicted octanol–water partition coefficient (Wildman–Crippen LogP) is 3.79. The molecule has 2 N–H and O–H groups in total. The lowest BCUT2D eigenvalue weighted by Gasteiger charge is -2.14. The maximum atomic E-state index is 10.9. The Bertz CT molecular complexity index is 796. The fraction of sp³-hybridized carbons (Fsp3) is 0.316. The summed E-state index contributed by atoms with van der Waals surface area (Å²) in [5, 5.41) is 17.3. The van der Waals surface area contributed by atoms with Gasteiger partial charge in [0, 0.05) is 30.8 Å². The smallest absolute Gasteiger partial charge is 0.269 e. The van der Waals surface area contributed by atoms with E-state index < -0.39 is 4.92 Å². The molecule has 2 aromatic carbocycles. The summed E-state index contributed by atoms with van der Waals surface area (Å²) in [5.74, 6) is 1.47. The number of nitrogens with one attached hydrogen (secondary N) is 2. The molecule has 0 unspecified atom stereocenters. The lowest BCUT2D eigenvalue weighted by molar-refractivity contribution is -0.384. The van der Waals surface area contributed by atoms with Gasteiger partial charge in [-0.1, -0.05) is 24.3 Å². The van der Waals surface area contributed by atoms with Crippen LogP contribution in [-0.2, 0) is 13.1 Å². The van der Waals surface area contributed by atoms with Crippen molar-refractivity contribution in [3.8, 4) is 5.75 Å². The highest BCUT2D eigenvalue weighted by molar-refractivity contribution is 14.0. The highest BCUT2D eigenvalue weighted by Crippen LogP contribution is 2.19. The number of rotatable bonds is 7. The number of halogens is 1. The third-order valence-corrected chi connectivity index (χ3v) is 3.77. The first kappa shape index (κ1) is 22.7. The van der Waals surface area contributed by atoms with Gasteiger partial charge >= 0.3 is 0 Å². The summed E-state index contributed by atoms with van der Waals surface area (Å²) in [6.45, 7) is 5.62. The molecule has 7 nitrogen and oxygen atoms in total. The summed E-state index contributed by atoms with van der Waals surface area (Å²) in [4.78, 5) is 15.0. The van der Waals surface area contributed by atoms with E-state index >= 15 is 0 Å². The molecule has 0 saturated heterocycles. The summed E-state index contributed by atoms with van der Waals surface area (Å²) in [6, 6.07) is 12.5. The highest BCUT2D eigenvalue weighted by Gasteiger charge is 2.07. The van der Waals surface area contributed by atoms with E-state index in [1.54, 1.807) is 13.2 Å². The second kappa shape index (κ2) is 11.4. The van der Waals surface area contributed by atoms with Gasteiger partial charge in [-0.15, -0.1) is 24.0 Å². The van der Waals surface area contributed by atoms with E-state index in [0.29, 0.717) is 25.6 Å². The molecule has 2 aromatic rings. The molecule has 0 heterocycles. The van der Waals surface area contributed by atoms with Crippen LogP contribution >= 0.6 is 24.0 Å².